The molecule has 0 aromatic heterocycles. The van der Waals surface area contributed by atoms with Crippen molar-refractivity contribution in [2.24, 2.45) is 0 Å². The van der Waals surface area contributed by atoms with E-state index in [1.807, 2.05) is 12.1 Å². The van der Waals surface area contributed by atoms with Gasteiger partial charge in [0.15, 0.2) is 0 Å². The summed E-state index contributed by atoms with van der Waals surface area (Å²) in [6, 6.07) is 14.6. The van der Waals surface area contributed by atoms with Gasteiger partial charge < -0.3 is 10.0 Å². The second kappa shape index (κ2) is 6.08. The summed E-state index contributed by atoms with van der Waals surface area (Å²) in [5.74, 6) is 0. The minimum Gasteiger partial charge on any atom is -0.389 e. The lowest BCUT2D eigenvalue weighted by molar-refractivity contribution is 0.199. The maximum Gasteiger partial charge on any atom is 0.0776 e. The van der Waals surface area contributed by atoms with Gasteiger partial charge in [0.2, 0.25) is 0 Å². The summed E-state index contributed by atoms with van der Waals surface area (Å²) in [4.78, 5) is 2.37. The number of benzene rings is 2. The highest BCUT2D eigenvalue weighted by atomic mass is 35.5. The fourth-order valence-corrected chi connectivity index (χ4v) is 3.31. The first-order valence-electron chi connectivity index (χ1n) is 7.44. The molecule has 0 bridgehead atoms. The Labute approximate surface area is 131 Å². The largest absolute Gasteiger partial charge is 0.389 e. The third-order valence-electron chi connectivity index (χ3n) is 4.22. The van der Waals surface area contributed by atoms with Crippen LogP contribution in [0.2, 0.25) is 5.02 Å². The van der Waals surface area contributed by atoms with E-state index < -0.39 is 6.10 Å². The zero-order valence-electron chi connectivity index (χ0n) is 12.2. The fourth-order valence-electron chi connectivity index (χ4n) is 2.98. The lowest BCUT2D eigenvalue weighted by Gasteiger charge is -2.23. The lowest BCUT2D eigenvalue weighted by atomic mass is 10.0. The van der Waals surface area contributed by atoms with Crippen LogP contribution >= 0.6 is 11.6 Å². The van der Waals surface area contributed by atoms with Gasteiger partial charge in [-0.15, -0.1) is 0 Å². The average Bonchev–Trinajstić information content (AvgIpc) is 2.69. The molecule has 1 atom stereocenters. The molecule has 1 heterocycles. The minimum atomic E-state index is -0.528. The number of aliphatic hydroxyl groups excluding tert-OH is 1. The molecule has 3 rings (SSSR count). The summed E-state index contributed by atoms with van der Waals surface area (Å²) in [5.41, 5.74) is 4.83. The molecule has 1 aliphatic heterocycles. The van der Waals surface area contributed by atoms with Gasteiger partial charge in [-0.3, -0.25) is 0 Å². The van der Waals surface area contributed by atoms with E-state index >= 15 is 0 Å². The first-order chi connectivity index (χ1) is 10.1. The Balaban J connectivity index is 1.81. The van der Waals surface area contributed by atoms with Crippen molar-refractivity contribution in [3.8, 4) is 0 Å². The molecule has 0 radical (unpaired) electrons. The molecule has 3 heteroatoms. The zero-order valence-corrected chi connectivity index (χ0v) is 13.0. The van der Waals surface area contributed by atoms with Gasteiger partial charge in [-0.2, -0.15) is 0 Å². The van der Waals surface area contributed by atoms with Gasteiger partial charge >= 0.3 is 0 Å². The Morgan fingerprint density at radius 3 is 2.19 bits per heavy atom. The van der Waals surface area contributed by atoms with Crippen molar-refractivity contribution in [2.75, 3.05) is 18.0 Å². The molecule has 1 N–H and O–H groups in total. The molecule has 2 nitrogen and oxygen atoms in total. The first-order valence-corrected chi connectivity index (χ1v) is 7.82. The van der Waals surface area contributed by atoms with Crippen LogP contribution in [0.3, 0.4) is 0 Å². The maximum atomic E-state index is 9.67. The highest BCUT2D eigenvalue weighted by molar-refractivity contribution is 6.31. The molecule has 0 aliphatic carbocycles. The van der Waals surface area contributed by atoms with Crippen LogP contribution in [-0.4, -0.2) is 18.2 Å². The molecule has 0 fully saturated rings. The quantitative estimate of drug-likeness (QED) is 0.906. The number of fused-ring (bicyclic) bond motifs is 1. The molecule has 0 saturated heterocycles. The lowest BCUT2D eigenvalue weighted by Crippen LogP contribution is -2.25. The summed E-state index contributed by atoms with van der Waals surface area (Å²) in [6.07, 6.45) is 1.60. The normalized spacial score (nSPS) is 16.2. The molecule has 2 aromatic rings. The van der Waals surface area contributed by atoms with Crippen LogP contribution in [0, 0.1) is 0 Å². The van der Waals surface area contributed by atoms with E-state index in [1.54, 1.807) is 6.92 Å². The van der Waals surface area contributed by atoms with Gasteiger partial charge in [0.05, 0.1) is 6.10 Å². The van der Waals surface area contributed by atoms with Crippen molar-refractivity contribution in [3.63, 3.8) is 0 Å². The molecule has 0 amide bonds. The van der Waals surface area contributed by atoms with Crippen molar-refractivity contribution >= 4 is 17.3 Å². The fraction of sp³-hybridized carbons (Fsp3) is 0.333. The monoisotopic (exact) mass is 301 g/mol. The molecule has 21 heavy (non-hydrogen) atoms. The van der Waals surface area contributed by atoms with Crippen molar-refractivity contribution in [2.45, 2.75) is 25.9 Å². The van der Waals surface area contributed by atoms with Gasteiger partial charge in [0.1, 0.15) is 0 Å². The number of halogens is 1. The molecule has 0 spiro atoms. The maximum absolute atomic E-state index is 9.67. The Bertz CT molecular complexity index is 612. The molecule has 1 aliphatic rings. The predicted octanol–water partition coefficient (Wildman–Crippen LogP) is 4.00. The van der Waals surface area contributed by atoms with Crippen LogP contribution in [0.1, 0.15) is 29.7 Å². The van der Waals surface area contributed by atoms with Crippen LogP contribution in [0.5, 0.6) is 0 Å². The number of anilines is 1. The van der Waals surface area contributed by atoms with Crippen molar-refractivity contribution in [3.05, 3.63) is 64.2 Å². The topological polar surface area (TPSA) is 23.5 Å². The number of rotatable bonds is 2. The molecule has 0 saturated carbocycles. The Kier molecular flexibility index (Phi) is 4.18. The number of aliphatic hydroxyl groups is 1. The standard InChI is InChI=1S/C18H20ClNO/c1-13(21)17-7-6-16(12-18(17)19)20-10-8-14-4-2-3-5-15(14)9-11-20/h2-7,12-13,21H,8-11H2,1H3. The third-order valence-corrected chi connectivity index (χ3v) is 4.55. The van der Waals surface area contributed by atoms with E-state index in [9.17, 15) is 5.11 Å². The smallest absolute Gasteiger partial charge is 0.0776 e. The molecular formula is C18H20ClNO. The van der Waals surface area contributed by atoms with E-state index in [2.05, 4.69) is 35.2 Å². The van der Waals surface area contributed by atoms with E-state index in [0.29, 0.717) is 5.02 Å². The Morgan fingerprint density at radius 1 is 1.05 bits per heavy atom. The highest BCUT2D eigenvalue weighted by Gasteiger charge is 2.15. The summed E-state index contributed by atoms with van der Waals surface area (Å²) in [5, 5.41) is 10.3. The van der Waals surface area contributed by atoms with E-state index in [4.69, 9.17) is 11.6 Å². The van der Waals surface area contributed by atoms with E-state index in [-0.39, 0.29) is 0 Å². The Hall–Kier alpha value is -1.51. The van der Waals surface area contributed by atoms with E-state index in [1.165, 1.54) is 11.1 Å². The van der Waals surface area contributed by atoms with Gasteiger partial charge in [0.25, 0.3) is 0 Å². The van der Waals surface area contributed by atoms with E-state index in [0.717, 1.165) is 37.2 Å². The highest BCUT2D eigenvalue weighted by Crippen LogP contribution is 2.29. The number of nitrogens with zero attached hydrogens (tertiary/aromatic N) is 1. The van der Waals surface area contributed by atoms with Crippen molar-refractivity contribution in [1.82, 2.24) is 0 Å². The summed E-state index contributed by atoms with van der Waals surface area (Å²) >= 11 is 6.29. The first kappa shape index (κ1) is 14.4. The summed E-state index contributed by atoms with van der Waals surface area (Å²) in [7, 11) is 0. The molecule has 110 valence electrons. The van der Waals surface area contributed by atoms with Gasteiger partial charge in [-0.25, -0.2) is 0 Å². The molecular weight excluding hydrogens is 282 g/mol. The molecule has 2 aromatic carbocycles. The number of hydrogen-bond acceptors (Lipinski definition) is 2. The summed E-state index contributed by atoms with van der Waals surface area (Å²) < 4.78 is 0. The Morgan fingerprint density at radius 2 is 1.67 bits per heavy atom. The van der Waals surface area contributed by atoms with Crippen LogP contribution in [0.15, 0.2) is 42.5 Å². The van der Waals surface area contributed by atoms with Crippen LogP contribution in [-0.2, 0) is 12.8 Å². The van der Waals surface area contributed by atoms with Crippen molar-refractivity contribution < 1.29 is 5.11 Å². The predicted molar refractivity (Wildman–Crippen MR) is 88.1 cm³/mol. The molecule has 1 unspecified atom stereocenters. The summed E-state index contributed by atoms with van der Waals surface area (Å²) in [6.45, 7) is 3.74. The van der Waals surface area contributed by atoms with Crippen molar-refractivity contribution in [1.29, 1.82) is 0 Å². The second-order valence-electron chi connectivity index (χ2n) is 5.64. The SMILES string of the molecule is CC(O)c1ccc(N2CCc3ccccc3CC2)cc1Cl. The minimum absolute atomic E-state index is 0.528. The number of hydrogen-bond donors (Lipinski definition) is 1. The van der Waals surface area contributed by atoms with Gasteiger partial charge in [-0.1, -0.05) is 41.9 Å². The second-order valence-corrected chi connectivity index (χ2v) is 6.04. The van der Waals surface area contributed by atoms with Crippen LogP contribution < -0.4 is 4.90 Å². The van der Waals surface area contributed by atoms with Gasteiger partial charge in [-0.05, 0) is 48.6 Å². The third kappa shape index (κ3) is 3.07. The average molecular weight is 302 g/mol. The van der Waals surface area contributed by atoms with Gasteiger partial charge in [0, 0.05) is 23.8 Å². The van der Waals surface area contributed by atoms with Crippen LogP contribution in [0.4, 0.5) is 5.69 Å². The zero-order chi connectivity index (χ0) is 14.8. The van der Waals surface area contributed by atoms with Crippen LogP contribution in [0.25, 0.3) is 0 Å².